The quantitative estimate of drug-likeness (QED) is 0.376. The monoisotopic (exact) mass is 149 g/mol. The van der Waals surface area contributed by atoms with Gasteiger partial charge in [-0.05, 0) is 6.92 Å². The average molecular weight is 149 g/mol. The molecule has 0 aromatic rings. The number of hydrogen-bond acceptors (Lipinski definition) is 4. The molecule has 0 radical (unpaired) electrons. The van der Waals surface area contributed by atoms with Crippen molar-refractivity contribution in [1.82, 2.24) is 5.32 Å². The van der Waals surface area contributed by atoms with Gasteiger partial charge in [0.2, 0.25) is 0 Å². The van der Waals surface area contributed by atoms with E-state index in [1.54, 1.807) is 6.92 Å². The van der Waals surface area contributed by atoms with E-state index in [0.717, 1.165) is 0 Å². The molecular formula is C6H15NO3. The lowest BCUT2D eigenvalue weighted by atomic mass is 10.3. The van der Waals surface area contributed by atoms with E-state index >= 15 is 0 Å². The fraction of sp³-hybridized carbons (Fsp3) is 1.00. The second kappa shape index (κ2) is 5.61. The van der Waals surface area contributed by atoms with Crippen LogP contribution < -0.4 is 5.32 Å². The Morgan fingerprint density at radius 2 is 1.80 bits per heavy atom. The van der Waals surface area contributed by atoms with E-state index in [1.807, 2.05) is 0 Å². The smallest absolute Gasteiger partial charge is 0.0636 e. The summed E-state index contributed by atoms with van der Waals surface area (Å²) in [7, 11) is 0. The highest BCUT2D eigenvalue weighted by molar-refractivity contribution is 4.64. The maximum Gasteiger partial charge on any atom is 0.0636 e. The molecule has 62 valence electrons. The van der Waals surface area contributed by atoms with E-state index in [0.29, 0.717) is 6.54 Å². The molecule has 0 spiro atoms. The van der Waals surface area contributed by atoms with Gasteiger partial charge in [0.15, 0.2) is 0 Å². The lowest BCUT2D eigenvalue weighted by molar-refractivity contribution is 0.143. The normalized spacial score (nSPS) is 14.1. The number of hydrogen-bond donors (Lipinski definition) is 4. The summed E-state index contributed by atoms with van der Waals surface area (Å²) in [6.45, 7) is 1.82. The van der Waals surface area contributed by atoms with Crippen molar-refractivity contribution in [2.24, 2.45) is 0 Å². The highest BCUT2D eigenvalue weighted by Gasteiger charge is 2.04. The van der Waals surface area contributed by atoms with Crippen LogP contribution >= 0.6 is 0 Å². The first-order chi connectivity index (χ1) is 4.70. The lowest BCUT2D eigenvalue weighted by Gasteiger charge is -2.13. The van der Waals surface area contributed by atoms with Crippen molar-refractivity contribution in [2.45, 2.75) is 19.1 Å². The maximum atomic E-state index is 8.77. The summed E-state index contributed by atoms with van der Waals surface area (Å²) in [6, 6.07) is -0.311. The molecule has 10 heavy (non-hydrogen) atoms. The molecule has 0 amide bonds. The SMILES string of the molecule is C[C@@H](O)CNC(CO)CO. The van der Waals surface area contributed by atoms with Gasteiger partial charge >= 0.3 is 0 Å². The Labute approximate surface area is 60.5 Å². The predicted octanol–water partition coefficient (Wildman–Crippen LogP) is -1.69. The largest absolute Gasteiger partial charge is 0.395 e. The minimum absolute atomic E-state index is 0.108. The summed E-state index contributed by atoms with van der Waals surface area (Å²) in [6.07, 6.45) is -0.444. The molecule has 0 rings (SSSR count). The number of rotatable bonds is 5. The van der Waals surface area contributed by atoms with E-state index in [2.05, 4.69) is 5.32 Å². The van der Waals surface area contributed by atoms with Crippen molar-refractivity contribution in [1.29, 1.82) is 0 Å². The summed E-state index contributed by atoms with van der Waals surface area (Å²) in [5.41, 5.74) is 0. The highest BCUT2D eigenvalue weighted by Crippen LogP contribution is 1.81. The van der Waals surface area contributed by atoms with E-state index in [1.165, 1.54) is 0 Å². The van der Waals surface area contributed by atoms with Crippen molar-refractivity contribution >= 4 is 0 Å². The molecule has 0 unspecified atom stereocenters. The fourth-order valence-corrected chi connectivity index (χ4v) is 0.524. The molecule has 1 atom stereocenters. The van der Waals surface area contributed by atoms with Crippen molar-refractivity contribution in [2.75, 3.05) is 19.8 Å². The second-order valence-corrected chi connectivity index (χ2v) is 2.32. The summed E-state index contributed by atoms with van der Waals surface area (Å²) >= 11 is 0. The maximum absolute atomic E-state index is 8.77. The Bertz CT molecular complexity index is 73.4. The van der Waals surface area contributed by atoms with Crippen LogP contribution in [0.5, 0.6) is 0 Å². The van der Waals surface area contributed by atoms with Gasteiger partial charge in [-0.1, -0.05) is 0 Å². The summed E-state index contributed by atoms with van der Waals surface area (Å²) < 4.78 is 0. The van der Waals surface area contributed by atoms with Crippen molar-refractivity contribution in [3.05, 3.63) is 0 Å². The van der Waals surface area contributed by atoms with Crippen LogP contribution in [0.3, 0.4) is 0 Å². The van der Waals surface area contributed by atoms with Gasteiger partial charge in [0.25, 0.3) is 0 Å². The summed E-state index contributed by atoms with van der Waals surface area (Å²) in [5, 5.41) is 28.6. The molecule has 0 heterocycles. The lowest BCUT2D eigenvalue weighted by Crippen LogP contribution is -2.39. The minimum Gasteiger partial charge on any atom is -0.395 e. The Hall–Kier alpha value is -0.160. The number of aliphatic hydroxyl groups excluding tert-OH is 3. The van der Waals surface area contributed by atoms with Gasteiger partial charge in [-0.2, -0.15) is 0 Å². The molecular weight excluding hydrogens is 134 g/mol. The molecule has 0 fully saturated rings. The fourth-order valence-electron chi connectivity index (χ4n) is 0.524. The third-order valence-electron chi connectivity index (χ3n) is 1.14. The average Bonchev–Trinajstić information content (AvgIpc) is 1.90. The molecule has 0 aromatic heterocycles. The first-order valence-corrected chi connectivity index (χ1v) is 3.33. The number of nitrogens with one attached hydrogen (secondary N) is 1. The molecule has 0 aromatic carbocycles. The standard InChI is InChI=1S/C6H15NO3/c1-5(10)2-7-6(3-8)4-9/h5-10H,2-4H2,1H3/t5-/m1/s1. The van der Waals surface area contributed by atoms with Crippen molar-refractivity contribution < 1.29 is 15.3 Å². The van der Waals surface area contributed by atoms with Crippen LogP contribution in [0, 0.1) is 0 Å². The first-order valence-electron chi connectivity index (χ1n) is 3.33. The predicted molar refractivity (Wildman–Crippen MR) is 37.6 cm³/mol. The van der Waals surface area contributed by atoms with Crippen LogP contribution in [0.4, 0.5) is 0 Å². The molecule has 0 aliphatic heterocycles. The van der Waals surface area contributed by atoms with Gasteiger partial charge in [0.05, 0.1) is 25.4 Å². The molecule has 0 aliphatic rings. The Balaban J connectivity index is 3.26. The van der Waals surface area contributed by atoms with Gasteiger partial charge < -0.3 is 20.6 Å². The van der Waals surface area contributed by atoms with Gasteiger partial charge in [0.1, 0.15) is 0 Å². The third-order valence-corrected chi connectivity index (χ3v) is 1.14. The van der Waals surface area contributed by atoms with Crippen molar-refractivity contribution in [3.8, 4) is 0 Å². The molecule has 0 saturated carbocycles. The Morgan fingerprint density at radius 3 is 2.10 bits per heavy atom. The van der Waals surface area contributed by atoms with Gasteiger partial charge in [0, 0.05) is 6.54 Å². The molecule has 0 bridgehead atoms. The summed E-state index contributed by atoms with van der Waals surface area (Å²) in [4.78, 5) is 0. The van der Waals surface area contributed by atoms with Gasteiger partial charge in [-0.25, -0.2) is 0 Å². The summed E-state index contributed by atoms with van der Waals surface area (Å²) in [5.74, 6) is 0. The van der Waals surface area contributed by atoms with Crippen LogP contribution in [-0.4, -0.2) is 47.2 Å². The van der Waals surface area contributed by atoms with Crippen LogP contribution in [0.1, 0.15) is 6.92 Å². The zero-order chi connectivity index (χ0) is 7.98. The van der Waals surface area contributed by atoms with Gasteiger partial charge in [-0.3, -0.25) is 0 Å². The molecule has 0 aliphatic carbocycles. The topological polar surface area (TPSA) is 72.7 Å². The molecule has 4 nitrogen and oxygen atoms in total. The van der Waals surface area contributed by atoms with Crippen LogP contribution in [0.2, 0.25) is 0 Å². The zero-order valence-electron chi connectivity index (χ0n) is 6.12. The zero-order valence-corrected chi connectivity index (χ0v) is 6.12. The Morgan fingerprint density at radius 1 is 1.30 bits per heavy atom. The highest BCUT2D eigenvalue weighted by atomic mass is 16.3. The van der Waals surface area contributed by atoms with E-state index in [4.69, 9.17) is 15.3 Å². The van der Waals surface area contributed by atoms with Gasteiger partial charge in [-0.15, -0.1) is 0 Å². The third kappa shape index (κ3) is 4.69. The van der Waals surface area contributed by atoms with E-state index in [9.17, 15) is 0 Å². The van der Waals surface area contributed by atoms with Crippen LogP contribution in [0.25, 0.3) is 0 Å². The van der Waals surface area contributed by atoms with Crippen molar-refractivity contribution in [3.63, 3.8) is 0 Å². The molecule has 0 saturated heterocycles. The van der Waals surface area contributed by atoms with E-state index < -0.39 is 6.10 Å². The molecule has 4 heteroatoms. The second-order valence-electron chi connectivity index (χ2n) is 2.32. The minimum atomic E-state index is -0.444. The van der Waals surface area contributed by atoms with Crippen LogP contribution in [-0.2, 0) is 0 Å². The number of aliphatic hydroxyl groups is 3. The van der Waals surface area contributed by atoms with E-state index in [-0.39, 0.29) is 19.3 Å². The molecule has 4 N–H and O–H groups in total. The van der Waals surface area contributed by atoms with Crippen LogP contribution in [0.15, 0.2) is 0 Å². The Kier molecular flexibility index (Phi) is 5.52. The first kappa shape index (κ1) is 9.84.